The number of aliphatic carboxylic acids is 1. The largest absolute Gasteiger partial charge is 0.481 e. The molecule has 0 saturated heterocycles. The molecular formula is C11H17N3O3. The van der Waals surface area contributed by atoms with Gasteiger partial charge in [0, 0.05) is 6.07 Å². The summed E-state index contributed by atoms with van der Waals surface area (Å²) < 4.78 is 5.00. The Morgan fingerprint density at radius 3 is 2.82 bits per heavy atom. The predicted octanol–water partition coefficient (Wildman–Crippen LogP) is 1.46. The van der Waals surface area contributed by atoms with Crippen LogP contribution in [0.2, 0.25) is 0 Å². The van der Waals surface area contributed by atoms with Crippen molar-refractivity contribution in [2.75, 3.05) is 12.4 Å². The van der Waals surface area contributed by atoms with E-state index >= 15 is 0 Å². The fourth-order valence-electron chi connectivity index (χ4n) is 1.44. The monoisotopic (exact) mass is 239 g/mol. The Hall–Kier alpha value is -1.85. The van der Waals surface area contributed by atoms with Crippen molar-refractivity contribution in [3.8, 4) is 5.88 Å². The van der Waals surface area contributed by atoms with Crippen LogP contribution in [0.15, 0.2) is 6.07 Å². The molecule has 0 bridgehead atoms. The number of hydrogen-bond acceptors (Lipinski definition) is 5. The molecule has 1 atom stereocenters. The first-order valence-electron chi connectivity index (χ1n) is 5.45. The van der Waals surface area contributed by atoms with Gasteiger partial charge in [0.25, 0.3) is 0 Å². The number of methoxy groups -OCH3 is 1. The SMILES string of the molecule is CCCC(Nc1cc(OC)nc(C)n1)C(=O)O. The van der Waals surface area contributed by atoms with Crippen LogP contribution in [0, 0.1) is 6.92 Å². The van der Waals surface area contributed by atoms with Crippen molar-refractivity contribution < 1.29 is 14.6 Å². The van der Waals surface area contributed by atoms with E-state index in [1.165, 1.54) is 7.11 Å². The number of carbonyl (C=O) groups is 1. The summed E-state index contributed by atoms with van der Waals surface area (Å²) in [5.74, 6) is 0.533. The molecule has 6 nitrogen and oxygen atoms in total. The molecular weight excluding hydrogens is 222 g/mol. The summed E-state index contributed by atoms with van der Waals surface area (Å²) in [6, 6.07) is 0.942. The van der Waals surface area contributed by atoms with Gasteiger partial charge in [0.05, 0.1) is 7.11 Å². The number of carboxylic acids is 1. The van der Waals surface area contributed by atoms with E-state index in [0.717, 1.165) is 6.42 Å². The Kier molecular flexibility index (Phi) is 4.68. The van der Waals surface area contributed by atoms with Gasteiger partial charge >= 0.3 is 5.97 Å². The summed E-state index contributed by atoms with van der Waals surface area (Å²) in [5, 5.41) is 11.9. The van der Waals surface area contributed by atoms with Crippen molar-refractivity contribution in [1.82, 2.24) is 9.97 Å². The molecule has 0 fully saturated rings. The lowest BCUT2D eigenvalue weighted by Gasteiger charge is -2.14. The number of rotatable bonds is 6. The minimum Gasteiger partial charge on any atom is -0.481 e. The van der Waals surface area contributed by atoms with Gasteiger partial charge in [-0.05, 0) is 13.3 Å². The topological polar surface area (TPSA) is 84.3 Å². The summed E-state index contributed by atoms with van der Waals surface area (Å²) >= 11 is 0. The zero-order valence-corrected chi connectivity index (χ0v) is 10.2. The van der Waals surface area contributed by atoms with Gasteiger partial charge in [0.15, 0.2) is 0 Å². The second-order valence-corrected chi connectivity index (χ2v) is 3.67. The van der Waals surface area contributed by atoms with Crippen LogP contribution in [-0.4, -0.2) is 34.2 Å². The standard InChI is InChI=1S/C11H17N3O3/c1-4-5-8(11(15)16)14-9-6-10(17-3)13-7(2)12-9/h6,8H,4-5H2,1-3H3,(H,15,16)(H,12,13,14). The fourth-order valence-corrected chi connectivity index (χ4v) is 1.44. The van der Waals surface area contributed by atoms with Crippen molar-refractivity contribution in [2.24, 2.45) is 0 Å². The third-order valence-electron chi connectivity index (χ3n) is 2.22. The van der Waals surface area contributed by atoms with Crippen molar-refractivity contribution in [3.63, 3.8) is 0 Å². The molecule has 1 aromatic heterocycles. The lowest BCUT2D eigenvalue weighted by Crippen LogP contribution is -2.29. The van der Waals surface area contributed by atoms with E-state index in [9.17, 15) is 4.79 Å². The molecule has 0 amide bonds. The van der Waals surface area contributed by atoms with Crippen LogP contribution >= 0.6 is 0 Å². The zero-order valence-electron chi connectivity index (χ0n) is 10.2. The first-order chi connectivity index (χ1) is 8.06. The van der Waals surface area contributed by atoms with E-state index in [1.54, 1.807) is 13.0 Å². The van der Waals surface area contributed by atoms with E-state index in [1.807, 2.05) is 6.92 Å². The maximum atomic E-state index is 11.0. The third kappa shape index (κ3) is 3.90. The Morgan fingerprint density at radius 2 is 2.29 bits per heavy atom. The third-order valence-corrected chi connectivity index (χ3v) is 2.22. The molecule has 0 aliphatic heterocycles. The highest BCUT2D eigenvalue weighted by molar-refractivity contribution is 5.76. The Balaban J connectivity index is 2.84. The fraction of sp³-hybridized carbons (Fsp3) is 0.545. The Bertz CT molecular complexity index is 396. The van der Waals surface area contributed by atoms with Crippen LogP contribution in [0.1, 0.15) is 25.6 Å². The Morgan fingerprint density at radius 1 is 1.59 bits per heavy atom. The molecule has 1 heterocycles. The van der Waals surface area contributed by atoms with Crippen molar-refractivity contribution in [2.45, 2.75) is 32.7 Å². The number of aryl methyl sites for hydroxylation is 1. The molecule has 0 aromatic carbocycles. The van der Waals surface area contributed by atoms with Crippen LogP contribution in [0.4, 0.5) is 5.82 Å². The molecule has 2 N–H and O–H groups in total. The number of nitrogens with zero attached hydrogens (tertiary/aromatic N) is 2. The molecule has 94 valence electrons. The van der Waals surface area contributed by atoms with Gasteiger partial charge in [-0.15, -0.1) is 0 Å². The first-order valence-corrected chi connectivity index (χ1v) is 5.45. The van der Waals surface area contributed by atoms with Crippen LogP contribution in [-0.2, 0) is 4.79 Å². The number of aromatic nitrogens is 2. The second-order valence-electron chi connectivity index (χ2n) is 3.67. The van der Waals surface area contributed by atoms with E-state index in [0.29, 0.717) is 23.9 Å². The highest BCUT2D eigenvalue weighted by Crippen LogP contribution is 2.14. The number of nitrogens with one attached hydrogen (secondary N) is 1. The lowest BCUT2D eigenvalue weighted by atomic mass is 10.2. The number of ether oxygens (including phenoxy) is 1. The van der Waals surface area contributed by atoms with Crippen LogP contribution in [0.5, 0.6) is 5.88 Å². The van der Waals surface area contributed by atoms with Crippen LogP contribution < -0.4 is 10.1 Å². The highest BCUT2D eigenvalue weighted by atomic mass is 16.5. The highest BCUT2D eigenvalue weighted by Gasteiger charge is 2.17. The summed E-state index contributed by atoms with van der Waals surface area (Å²) in [4.78, 5) is 19.1. The minimum atomic E-state index is -0.887. The molecule has 0 spiro atoms. The van der Waals surface area contributed by atoms with Crippen molar-refractivity contribution in [3.05, 3.63) is 11.9 Å². The first kappa shape index (κ1) is 13.2. The molecule has 1 unspecified atom stereocenters. The molecule has 6 heteroatoms. The van der Waals surface area contributed by atoms with E-state index in [4.69, 9.17) is 9.84 Å². The quantitative estimate of drug-likeness (QED) is 0.781. The molecule has 17 heavy (non-hydrogen) atoms. The molecule has 1 rings (SSSR count). The van der Waals surface area contributed by atoms with Gasteiger partial charge in [0.1, 0.15) is 17.7 Å². The van der Waals surface area contributed by atoms with E-state index < -0.39 is 12.0 Å². The summed E-state index contributed by atoms with van der Waals surface area (Å²) in [7, 11) is 1.51. The molecule has 0 aliphatic carbocycles. The van der Waals surface area contributed by atoms with Crippen molar-refractivity contribution in [1.29, 1.82) is 0 Å². The van der Waals surface area contributed by atoms with Gasteiger partial charge in [0.2, 0.25) is 5.88 Å². The summed E-state index contributed by atoms with van der Waals surface area (Å²) in [6.07, 6.45) is 1.33. The number of anilines is 1. The van der Waals surface area contributed by atoms with Crippen molar-refractivity contribution >= 4 is 11.8 Å². The van der Waals surface area contributed by atoms with Gasteiger partial charge in [-0.2, -0.15) is 4.98 Å². The van der Waals surface area contributed by atoms with Gasteiger partial charge < -0.3 is 15.2 Å². The second kappa shape index (κ2) is 6.03. The lowest BCUT2D eigenvalue weighted by molar-refractivity contribution is -0.138. The minimum absolute atomic E-state index is 0.417. The number of hydrogen-bond donors (Lipinski definition) is 2. The van der Waals surface area contributed by atoms with E-state index in [-0.39, 0.29) is 0 Å². The molecule has 1 aromatic rings. The summed E-state index contributed by atoms with van der Waals surface area (Å²) in [5.41, 5.74) is 0. The van der Waals surface area contributed by atoms with Gasteiger partial charge in [-0.1, -0.05) is 13.3 Å². The van der Waals surface area contributed by atoms with E-state index in [2.05, 4.69) is 15.3 Å². The summed E-state index contributed by atoms with van der Waals surface area (Å²) in [6.45, 7) is 3.66. The predicted molar refractivity (Wildman–Crippen MR) is 63.3 cm³/mol. The van der Waals surface area contributed by atoms with Crippen LogP contribution in [0.25, 0.3) is 0 Å². The van der Waals surface area contributed by atoms with Gasteiger partial charge in [-0.25, -0.2) is 9.78 Å². The molecule has 0 aliphatic rings. The average molecular weight is 239 g/mol. The molecule has 0 saturated carbocycles. The number of carboxylic acid groups (broad SMARTS) is 1. The van der Waals surface area contributed by atoms with Gasteiger partial charge in [-0.3, -0.25) is 0 Å². The normalized spacial score (nSPS) is 11.9. The maximum Gasteiger partial charge on any atom is 0.326 e. The maximum absolute atomic E-state index is 11.0. The smallest absolute Gasteiger partial charge is 0.326 e. The van der Waals surface area contributed by atoms with Crippen LogP contribution in [0.3, 0.4) is 0 Å². The Labute approximate surface area is 100 Å². The zero-order chi connectivity index (χ0) is 12.8. The molecule has 0 radical (unpaired) electrons. The average Bonchev–Trinajstić information content (AvgIpc) is 2.27.